The molecule has 0 bridgehead atoms. The zero-order valence-corrected chi connectivity index (χ0v) is 17.2. The highest BCUT2D eigenvalue weighted by Gasteiger charge is 2.21. The van der Waals surface area contributed by atoms with Gasteiger partial charge in [0.25, 0.3) is 5.91 Å². The van der Waals surface area contributed by atoms with Crippen LogP contribution in [0.25, 0.3) is 21.7 Å². The lowest BCUT2D eigenvalue weighted by Crippen LogP contribution is -2.52. The number of furan rings is 1. The number of benzene rings is 1. The third-order valence-electron chi connectivity index (χ3n) is 5.41. The Morgan fingerprint density at radius 2 is 2.07 bits per heavy atom. The summed E-state index contributed by atoms with van der Waals surface area (Å²) >= 11 is 1.43. The number of hydrogen-bond donors (Lipinski definition) is 1. The molecular formula is C21H26N4O2S. The van der Waals surface area contributed by atoms with Gasteiger partial charge in [0.2, 0.25) is 0 Å². The van der Waals surface area contributed by atoms with Crippen molar-refractivity contribution < 1.29 is 9.21 Å². The van der Waals surface area contributed by atoms with Gasteiger partial charge in [-0.15, -0.1) is 11.3 Å². The van der Waals surface area contributed by atoms with Gasteiger partial charge in [0, 0.05) is 49.5 Å². The van der Waals surface area contributed by atoms with Crippen molar-refractivity contribution in [1.82, 2.24) is 20.1 Å². The first-order chi connectivity index (χ1) is 13.6. The number of likely N-dealkylation sites (N-methyl/N-ethyl adjacent to an activating group) is 1. The minimum absolute atomic E-state index is 0.127. The number of carbonyl (C=O) groups excluding carboxylic acids is 1. The van der Waals surface area contributed by atoms with Crippen LogP contribution in [0, 0.1) is 0 Å². The number of amides is 1. The number of hydrogen-bond acceptors (Lipinski definition) is 6. The molecule has 0 radical (unpaired) electrons. The van der Waals surface area contributed by atoms with E-state index >= 15 is 0 Å². The quantitative estimate of drug-likeness (QED) is 0.690. The van der Waals surface area contributed by atoms with E-state index < -0.39 is 0 Å². The number of rotatable bonds is 6. The first-order valence-corrected chi connectivity index (χ1v) is 10.7. The summed E-state index contributed by atoms with van der Waals surface area (Å²) in [5, 5.41) is 6.59. The summed E-state index contributed by atoms with van der Waals surface area (Å²) in [7, 11) is 0. The zero-order valence-electron chi connectivity index (χ0n) is 16.4. The fourth-order valence-electron chi connectivity index (χ4n) is 3.56. The van der Waals surface area contributed by atoms with Crippen molar-refractivity contribution >= 4 is 28.2 Å². The van der Waals surface area contributed by atoms with Crippen LogP contribution in [0.4, 0.5) is 0 Å². The first-order valence-electron chi connectivity index (χ1n) is 9.83. The van der Waals surface area contributed by atoms with Crippen LogP contribution in [0.15, 0.2) is 40.1 Å². The number of carbonyl (C=O) groups is 1. The van der Waals surface area contributed by atoms with E-state index in [9.17, 15) is 4.79 Å². The molecule has 2 aromatic heterocycles. The van der Waals surface area contributed by atoms with Crippen molar-refractivity contribution in [1.29, 1.82) is 0 Å². The molecule has 4 rings (SSSR count). The largest absolute Gasteiger partial charge is 0.454 e. The molecule has 3 aromatic rings. The second-order valence-corrected chi connectivity index (χ2v) is 8.07. The summed E-state index contributed by atoms with van der Waals surface area (Å²) in [5.74, 6) is 0.574. The summed E-state index contributed by atoms with van der Waals surface area (Å²) < 4.78 is 5.85. The number of fused-ring (bicyclic) bond motifs is 1. The van der Waals surface area contributed by atoms with Crippen LogP contribution in [0.2, 0.25) is 0 Å². The van der Waals surface area contributed by atoms with Crippen molar-refractivity contribution in [2.45, 2.75) is 19.9 Å². The van der Waals surface area contributed by atoms with Gasteiger partial charge in [-0.05, 0) is 25.6 Å². The van der Waals surface area contributed by atoms with E-state index in [1.54, 1.807) is 5.38 Å². The van der Waals surface area contributed by atoms with Crippen LogP contribution < -0.4 is 5.32 Å². The lowest BCUT2D eigenvalue weighted by Gasteiger charge is -2.37. The van der Waals surface area contributed by atoms with Crippen molar-refractivity contribution in [3.63, 3.8) is 0 Å². The average molecular weight is 399 g/mol. The SMILES string of the molecule is CCN1CCN([C@H](C)CNC(=O)c2csc(-c3cc4ccccc4o3)n2)CC1. The lowest BCUT2D eigenvalue weighted by molar-refractivity contribution is 0.0879. The van der Waals surface area contributed by atoms with Crippen molar-refractivity contribution in [3.05, 3.63) is 41.4 Å². The Bertz CT molecular complexity index is 910. The van der Waals surface area contributed by atoms with Gasteiger partial charge in [0.1, 0.15) is 11.3 Å². The fourth-order valence-corrected chi connectivity index (χ4v) is 4.31. The second-order valence-electron chi connectivity index (χ2n) is 7.22. The Balaban J connectivity index is 1.34. The van der Waals surface area contributed by atoms with Gasteiger partial charge in [0.15, 0.2) is 10.8 Å². The maximum Gasteiger partial charge on any atom is 0.270 e. The number of nitrogens with zero attached hydrogens (tertiary/aromatic N) is 3. The minimum atomic E-state index is -0.127. The van der Waals surface area contributed by atoms with E-state index in [1.165, 1.54) is 11.3 Å². The number of piperazine rings is 1. The Hall–Kier alpha value is -2.22. The highest BCUT2D eigenvalue weighted by atomic mass is 32.1. The average Bonchev–Trinajstić information content (AvgIpc) is 3.38. The molecule has 1 amide bonds. The van der Waals surface area contributed by atoms with Gasteiger partial charge < -0.3 is 14.6 Å². The molecule has 1 saturated heterocycles. The van der Waals surface area contributed by atoms with E-state index in [-0.39, 0.29) is 5.91 Å². The molecule has 1 fully saturated rings. The molecule has 0 unspecified atom stereocenters. The molecule has 7 heteroatoms. The Kier molecular flexibility index (Phi) is 5.75. The van der Waals surface area contributed by atoms with E-state index in [0.29, 0.717) is 24.0 Å². The predicted molar refractivity (Wildman–Crippen MR) is 113 cm³/mol. The molecule has 3 heterocycles. The maximum absolute atomic E-state index is 12.5. The fraction of sp³-hybridized carbons (Fsp3) is 0.429. The number of thiazole rings is 1. The second kappa shape index (κ2) is 8.43. The number of nitrogens with one attached hydrogen (secondary N) is 1. The molecule has 148 valence electrons. The molecule has 0 aliphatic carbocycles. The molecule has 1 aliphatic rings. The smallest absolute Gasteiger partial charge is 0.270 e. The number of aromatic nitrogens is 1. The highest BCUT2D eigenvalue weighted by molar-refractivity contribution is 7.13. The Morgan fingerprint density at radius 1 is 1.29 bits per heavy atom. The third kappa shape index (κ3) is 4.11. The van der Waals surface area contributed by atoms with Crippen LogP contribution in [0.5, 0.6) is 0 Å². The first kappa shape index (κ1) is 19.1. The monoisotopic (exact) mass is 398 g/mol. The molecule has 0 saturated carbocycles. The van der Waals surface area contributed by atoms with Gasteiger partial charge in [-0.25, -0.2) is 4.98 Å². The normalized spacial score (nSPS) is 17.1. The molecular weight excluding hydrogens is 372 g/mol. The van der Waals surface area contributed by atoms with E-state index in [2.05, 4.69) is 33.9 Å². The Morgan fingerprint density at radius 3 is 2.82 bits per heavy atom. The van der Waals surface area contributed by atoms with Crippen LogP contribution >= 0.6 is 11.3 Å². The topological polar surface area (TPSA) is 61.6 Å². The molecule has 0 spiro atoms. The van der Waals surface area contributed by atoms with Crippen LogP contribution in [0.1, 0.15) is 24.3 Å². The molecule has 1 aliphatic heterocycles. The van der Waals surface area contributed by atoms with E-state index in [1.807, 2.05) is 30.3 Å². The highest BCUT2D eigenvalue weighted by Crippen LogP contribution is 2.29. The predicted octanol–water partition coefficient (Wildman–Crippen LogP) is 3.31. The standard InChI is InChI=1S/C21H26N4O2S/c1-3-24-8-10-25(11-9-24)15(2)13-22-20(26)17-14-28-21(23-17)19-12-16-6-4-5-7-18(16)27-19/h4-7,12,14-15H,3,8-11,13H2,1-2H3,(H,22,26)/t15-/m1/s1. The van der Waals surface area contributed by atoms with Gasteiger partial charge in [-0.3, -0.25) is 9.69 Å². The van der Waals surface area contributed by atoms with Crippen molar-refractivity contribution in [2.24, 2.45) is 0 Å². The van der Waals surface area contributed by atoms with E-state index in [4.69, 9.17) is 4.42 Å². The molecule has 1 N–H and O–H groups in total. The Labute approximate surface area is 169 Å². The lowest BCUT2D eigenvalue weighted by atomic mass is 10.2. The molecule has 1 atom stereocenters. The van der Waals surface area contributed by atoms with Crippen LogP contribution in [0.3, 0.4) is 0 Å². The van der Waals surface area contributed by atoms with Crippen molar-refractivity contribution in [2.75, 3.05) is 39.3 Å². The van der Waals surface area contributed by atoms with Crippen molar-refractivity contribution in [3.8, 4) is 10.8 Å². The minimum Gasteiger partial charge on any atom is -0.454 e. The van der Waals surface area contributed by atoms with Crippen LogP contribution in [-0.2, 0) is 0 Å². The number of para-hydroxylation sites is 1. The summed E-state index contributed by atoms with van der Waals surface area (Å²) in [6, 6.07) is 10.1. The maximum atomic E-state index is 12.5. The van der Waals surface area contributed by atoms with Gasteiger partial charge in [-0.2, -0.15) is 0 Å². The molecule has 28 heavy (non-hydrogen) atoms. The summed E-state index contributed by atoms with van der Waals surface area (Å²) in [4.78, 5) is 21.9. The zero-order chi connectivity index (χ0) is 19.5. The van der Waals surface area contributed by atoms with Gasteiger partial charge in [-0.1, -0.05) is 25.1 Å². The third-order valence-corrected chi connectivity index (χ3v) is 6.27. The van der Waals surface area contributed by atoms with Gasteiger partial charge in [0.05, 0.1) is 0 Å². The summed E-state index contributed by atoms with van der Waals surface area (Å²) in [5.41, 5.74) is 1.28. The van der Waals surface area contributed by atoms with Crippen LogP contribution in [-0.4, -0.2) is 66.0 Å². The summed E-state index contributed by atoms with van der Waals surface area (Å²) in [6.45, 7) is 10.4. The molecule has 1 aromatic carbocycles. The molecule has 6 nitrogen and oxygen atoms in total. The van der Waals surface area contributed by atoms with Gasteiger partial charge >= 0.3 is 0 Å². The summed E-state index contributed by atoms with van der Waals surface area (Å²) in [6.07, 6.45) is 0. The van der Waals surface area contributed by atoms with E-state index in [0.717, 1.165) is 48.7 Å².